The number of piperazine rings is 1. The molecule has 2 fully saturated rings. The van der Waals surface area contributed by atoms with E-state index in [1.807, 2.05) is 24.3 Å². The van der Waals surface area contributed by atoms with Crippen LogP contribution in [0, 0.1) is 6.92 Å². The maximum absolute atomic E-state index is 13.0. The van der Waals surface area contributed by atoms with Crippen molar-refractivity contribution in [3.63, 3.8) is 0 Å². The third-order valence-electron chi connectivity index (χ3n) is 6.00. The molecule has 4 rings (SSSR count). The summed E-state index contributed by atoms with van der Waals surface area (Å²) < 4.78 is 5.88. The standard InChI is InChI=1S/C26H31N3O3S/c1-3-4-17-32-23-12-8-6-10-21(23)18-24-25(30)29(26(31)33-24)19-27-13-15-28(16-14-27)22-11-7-5-9-20(22)2/h5-12,18H,3-4,13-17,19H2,1-2H3/b24-18+. The lowest BCUT2D eigenvalue weighted by molar-refractivity contribution is -0.124. The van der Waals surface area contributed by atoms with Gasteiger partial charge in [-0.1, -0.05) is 49.7 Å². The van der Waals surface area contributed by atoms with Gasteiger partial charge in [0, 0.05) is 37.4 Å². The second kappa shape index (κ2) is 10.9. The van der Waals surface area contributed by atoms with Crippen LogP contribution in [0.4, 0.5) is 10.5 Å². The molecule has 0 atom stereocenters. The highest BCUT2D eigenvalue weighted by atomic mass is 32.2. The van der Waals surface area contributed by atoms with Gasteiger partial charge in [-0.05, 0) is 48.9 Å². The van der Waals surface area contributed by atoms with Crippen LogP contribution in [0.2, 0.25) is 0 Å². The molecule has 7 heteroatoms. The molecular weight excluding hydrogens is 434 g/mol. The maximum atomic E-state index is 13.0. The van der Waals surface area contributed by atoms with Crippen LogP contribution in [0.25, 0.3) is 6.08 Å². The van der Waals surface area contributed by atoms with Gasteiger partial charge in [0.05, 0.1) is 18.2 Å². The minimum Gasteiger partial charge on any atom is -0.493 e. The first-order valence-corrected chi connectivity index (χ1v) is 12.4. The van der Waals surface area contributed by atoms with Crippen LogP contribution in [0.15, 0.2) is 53.4 Å². The van der Waals surface area contributed by atoms with Crippen LogP contribution in [-0.2, 0) is 4.79 Å². The fourth-order valence-electron chi connectivity index (χ4n) is 4.07. The molecule has 2 amide bonds. The Morgan fingerprint density at radius 2 is 1.73 bits per heavy atom. The van der Waals surface area contributed by atoms with E-state index in [9.17, 15) is 9.59 Å². The Hall–Kier alpha value is -2.77. The summed E-state index contributed by atoms with van der Waals surface area (Å²) in [6.45, 7) is 8.58. The number of aryl methyl sites for hydroxylation is 1. The van der Waals surface area contributed by atoms with E-state index in [0.29, 0.717) is 18.2 Å². The third-order valence-corrected chi connectivity index (χ3v) is 6.91. The number of carbonyl (C=O) groups excluding carboxylic acids is 2. The Bertz CT molecular complexity index is 1030. The molecule has 6 nitrogen and oxygen atoms in total. The number of carbonyl (C=O) groups is 2. The molecule has 2 aliphatic rings. The third kappa shape index (κ3) is 5.60. The Kier molecular flexibility index (Phi) is 7.73. The topological polar surface area (TPSA) is 53.1 Å². The minimum absolute atomic E-state index is 0.211. The van der Waals surface area contributed by atoms with Crippen molar-refractivity contribution in [3.8, 4) is 5.75 Å². The molecule has 0 unspecified atom stereocenters. The second-order valence-electron chi connectivity index (χ2n) is 8.38. The average Bonchev–Trinajstić information content (AvgIpc) is 3.08. The fraction of sp³-hybridized carbons (Fsp3) is 0.385. The number of thioether (sulfide) groups is 1. The van der Waals surface area contributed by atoms with Crippen LogP contribution >= 0.6 is 11.8 Å². The van der Waals surface area contributed by atoms with Crippen LogP contribution in [0.5, 0.6) is 5.75 Å². The number of hydrogen-bond acceptors (Lipinski definition) is 6. The lowest BCUT2D eigenvalue weighted by Crippen LogP contribution is -2.51. The number of ether oxygens (including phenoxy) is 1. The molecule has 2 aliphatic heterocycles. The Morgan fingerprint density at radius 3 is 2.48 bits per heavy atom. The quantitative estimate of drug-likeness (QED) is 0.404. The van der Waals surface area contributed by atoms with Crippen molar-refractivity contribution in [1.82, 2.24) is 9.80 Å². The lowest BCUT2D eigenvalue weighted by Gasteiger charge is -2.37. The molecule has 2 aromatic rings. The summed E-state index contributed by atoms with van der Waals surface area (Å²) in [4.78, 5) is 32.0. The first-order chi connectivity index (χ1) is 16.1. The molecular formula is C26H31N3O3S. The summed E-state index contributed by atoms with van der Waals surface area (Å²) in [5.41, 5.74) is 3.35. The molecule has 33 heavy (non-hydrogen) atoms. The van der Waals surface area contributed by atoms with Crippen LogP contribution in [-0.4, -0.2) is 60.4 Å². The maximum Gasteiger partial charge on any atom is 0.294 e. The molecule has 0 aliphatic carbocycles. The fourth-order valence-corrected chi connectivity index (χ4v) is 4.89. The van der Waals surface area contributed by atoms with Gasteiger partial charge < -0.3 is 9.64 Å². The number of anilines is 1. The smallest absolute Gasteiger partial charge is 0.294 e. The van der Waals surface area contributed by atoms with Gasteiger partial charge >= 0.3 is 0 Å². The van der Waals surface area contributed by atoms with Crippen LogP contribution in [0.3, 0.4) is 0 Å². The van der Waals surface area contributed by atoms with E-state index in [-0.39, 0.29) is 11.1 Å². The molecule has 0 radical (unpaired) electrons. The van der Waals surface area contributed by atoms with Crippen molar-refractivity contribution in [2.75, 3.05) is 44.4 Å². The van der Waals surface area contributed by atoms with E-state index in [1.165, 1.54) is 16.2 Å². The molecule has 0 aromatic heterocycles. The summed E-state index contributed by atoms with van der Waals surface area (Å²) in [5, 5.41) is -0.211. The molecule has 0 spiro atoms. The number of para-hydroxylation sites is 2. The van der Waals surface area contributed by atoms with Gasteiger partial charge in [-0.2, -0.15) is 0 Å². The first-order valence-electron chi connectivity index (χ1n) is 11.6. The number of unbranched alkanes of at least 4 members (excludes halogenated alkanes) is 1. The van der Waals surface area contributed by atoms with E-state index >= 15 is 0 Å². The van der Waals surface area contributed by atoms with Gasteiger partial charge in [0.25, 0.3) is 11.1 Å². The van der Waals surface area contributed by atoms with Crippen molar-refractivity contribution in [2.24, 2.45) is 0 Å². The summed E-state index contributed by atoms with van der Waals surface area (Å²) in [5.74, 6) is 0.514. The van der Waals surface area contributed by atoms with Crippen molar-refractivity contribution in [1.29, 1.82) is 0 Å². The Labute approximate surface area is 200 Å². The predicted molar refractivity (Wildman–Crippen MR) is 134 cm³/mol. The molecule has 2 heterocycles. The SMILES string of the molecule is CCCCOc1ccccc1/C=C1/SC(=O)N(CN2CCN(c3ccccc3C)CC2)C1=O. The average molecular weight is 466 g/mol. The highest BCUT2D eigenvalue weighted by molar-refractivity contribution is 8.18. The monoisotopic (exact) mass is 465 g/mol. The number of benzene rings is 2. The number of hydrogen-bond donors (Lipinski definition) is 0. The van der Waals surface area contributed by atoms with E-state index in [1.54, 1.807) is 6.08 Å². The number of rotatable bonds is 8. The summed E-state index contributed by atoms with van der Waals surface area (Å²) >= 11 is 1.01. The zero-order chi connectivity index (χ0) is 23.2. The van der Waals surface area contributed by atoms with Crippen molar-refractivity contribution in [3.05, 3.63) is 64.6 Å². The molecule has 0 N–H and O–H groups in total. The zero-order valence-corrected chi connectivity index (χ0v) is 20.1. The Balaban J connectivity index is 1.38. The van der Waals surface area contributed by atoms with Gasteiger partial charge in [-0.15, -0.1) is 0 Å². The van der Waals surface area contributed by atoms with Crippen molar-refractivity contribution >= 4 is 34.7 Å². The summed E-state index contributed by atoms with van der Waals surface area (Å²) in [7, 11) is 0. The van der Waals surface area contributed by atoms with Gasteiger partial charge in [-0.25, -0.2) is 0 Å². The predicted octanol–water partition coefficient (Wildman–Crippen LogP) is 4.99. The van der Waals surface area contributed by atoms with E-state index < -0.39 is 0 Å². The molecule has 0 saturated carbocycles. The Morgan fingerprint density at radius 1 is 1.00 bits per heavy atom. The summed E-state index contributed by atoms with van der Waals surface area (Å²) in [6.07, 6.45) is 3.81. The number of imide groups is 1. The second-order valence-corrected chi connectivity index (χ2v) is 9.38. The van der Waals surface area contributed by atoms with Crippen LogP contribution in [0.1, 0.15) is 30.9 Å². The normalized spacial score (nSPS) is 18.4. The zero-order valence-electron chi connectivity index (χ0n) is 19.3. The van der Waals surface area contributed by atoms with E-state index in [4.69, 9.17) is 4.74 Å². The summed E-state index contributed by atoms with van der Waals surface area (Å²) in [6, 6.07) is 16.0. The largest absolute Gasteiger partial charge is 0.493 e. The molecule has 0 bridgehead atoms. The minimum atomic E-state index is -0.227. The highest BCUT2D eigenvalue weighted by Gasteiger charge is 2.36. The number of nitrogens with zero attached hydrogens (tertiary/aromatic N) is 3. The van der Waals surface area contributed by atoms with Crippen molar-refractivity contribution < 1.29 is 14.3 Å². The van der Waals surface area contributed by atoms with Crippen LogP contribution < -0.4 is 9.64 Å². The van der Waals surface area contributed by atoms with Gasteiger partial charge in [-0.3, -0.25) is 19.4 Å². The molecule has 2 saturated heterocycles. The van der Waals surface area contributed by atoms with Gasteiger partial charge in [0.1, 0.15) is 5.75 Å². The van der Waals surface area contributed by atoms with E-state index in [0.717, 1.165) is 62.1 Å². The van der Waals surface area contributed by atoms with Crippen molar-refractivity contribution in [2.45, 2.75) is 26.7 Å². The lowest BCUT2D eigenvalue weighted by atomic mass is 10.1. The van der Waals surface area contributed by atoms with Gasteiger partial charge in [0.15, 0.2) is 0 Å². The highest BCUT2D eigenvalue weighted by Crippen LogP contribution is 2.34. The number of amides is 2. The van der Waals surface area contributed by atoms with E-state index in [2.05, 4.69) is 47.9 Å². The first kappa shape index (κ1) is 23.4. The molecule has 174 valence electrons. The molecule has 2 aromatic carbocycles. The van der Waals surface area contributed by atoms with Gasteiger partial charge in [0.2, 0.25) is 0 Å².